The normalized spacial score (nSPS) is 27.2. The minimum atomic E-state index is -1.14. The molecule has 3 aliphatic carbocycles. The summed E-state index contributed by atoms with van der Waals surface area (Å²) in [5.74, 6) is 1.61. The first-order valence-electron chi connectivity index (χ1n) is 16.9. The van der Waals surface area contributed by atoms with Gasteiger partial charge in [0.15, 0.2) is 11.5 Å². The van der Waals surface area contributed by atoms with E-state index in [1.54, 1.807) is 23.1 Å². The van der Waals surface area contributed by atoms with Gasteiger partial charge in [-0.1, -0.05) is 46.5 Å². The number of nitrogens with zero attached hydrogens (tertiary/aromatic N) is 1. The van der Waals surface area contributed by atoms with E-state index >= 15 is 0 Å². The lowest BCUT2D eigenvalue weighted by molar-refractivity contribution is -0.153. The van der Waals surface area contributed by atoms with E-state index in [0.717, 1.165) is 44.9 Å². The number of benzene rings is 1. The van der Waals surface area contributed by atoms with Crippen LogP contribution >= 0.6 is 22.6 Å². The molecule has 258 valence electrons. The molecule has 0 spiro atoms. The maximum absolute atomic E-state index is 14.3. The Bertz CT molecular complexity index is 1200. The first kappa shape index (κ1) is 36.9. The molecule has 0 heterocycles. The number of methoxy groups -OCH3 is 1. The Morgan fingerprint density at radius 3 is 2.50 bits per heavy atom. The number of nitrogens with one attached hydrogen (secondary N) is 1. The highest BCUT2D eigenvalue weighted by atomic mass is 127. The third-order valence-corrected chi connectivity index (χ3v) is 10.7. The highest BCUT2D eigenvalue weighted by molar-refractivity contribution is 14.1. The molecule has 1 aromatic carbocycles. The molecule has 0 aliphatic heterocycles. The number of hydrogen-bond donors (Lipinski definition) is 4. The minimum absolute atomic E-state index is 0.00409. The second kappa shape index (κ2) is 17.5. The van der Waals surface area contributed by atoms with Crippen molar-refractivity contribution in [2.45, 2.75) is 116 Å². The fourth-order valence-electron chi connectivity index (χ4n) is 7.44. The monoisotopic (exact) mass is 756 g/mol. The molecular formula is C35H53IN2O8. The van der Waals surface area contributed by atoms with Gasteiger partial charge in [0.1, 0.15) is 18.8 Å². The number of hydrogen-bond acceptors (Lipinski definition) is 8. The average Bonchev–Trinajstić information content (AvgIpc) is 3.05. The van der Waals surface area contributed by atoms with Crippen LogP contribution in [0, 0.1) is 21.3 Å². The molecule has 6 unspecified atom stereocenters. The number of carbonyl (C=O) groups is 2. The number of ether oxygens (including phenoxy) is 3. The van der Waals surface area contributed by atoms with E-state index in [-0.39, 0.29) is 56.7 Å². The molecular weight excluding hydrogens is 703 g/mol. The van der Waals surface area contributed by atoms with Gasteiger partial charge in [-0.25, -0.2) is 0 Å². The fourth-order valence-corrected chi connectivity index (χ4v) is 8.23. The van der Waals surface area contributed by atoms with E-state index < -0.39 is 18.2 Å². The molecule has 0 aromatic heterocycles. The summed E-state index contributed by atoms with van der Waals surface area (Å²) in [7, 11) is 1.50. The van der Waals surface area contributed by atoms with E-state index in [9.17, 15) is 24.9 Å². The Morgan fingerprint density at radius 1 is 1.11 bits per heavy atom. The summed E-state index contributed by atoms with van der Waals surface area (Å²) >= 11 is 2.10. The van der Waals surface area contributed by atoms with Crippen molar-refractivity contribution in [3.63, 3.8) is 0 Å². The second-order valence-corrected chi connectivity index (χ2v) is 14.7. The molecule has 10 nitrogen and oxygen atoms in total. The molecule has 2 amide bonds. The van der Waals surface area contributed by atoms with Gasteiger partial charge in [0.25, 0.3) is 0 Å². The summed E-state index contributed by atoms with van der Waals surface area (Å²) in [5.41, 5.74) is 1.03. The van der Waals surface area contributed by atoms with Gasteiger partial charge in [-0.2, -0.15) is 0 Å². The molecule has 6 atom stereocenters. The van der Waals surface area contributed by atoms with Crippen LogP contribution in [0.2, 0.25) is 0 Å². The van der Waals surface area contributed by atoms with Crippen molar-refractivity contribution in [1.82, 2.24) is 10.2 Å². The lowest BCUT2D eigenvalue weighted by Crippen LogP contribution is -2.59. The molecule has 2 saturated carbocycles. The number of halogens is 1. The van der Waals surface area contributed by atoms with Crippen LogP contribution < -0.4 is 14.8 Å². The van der Waals surface area contributed by atoms with Gasteiger partial charge >= 0.3 is 0 Å². The van der Waals surface area contributed by atoms with Crippen LogP contribution in [0.3, 0.4) is 0 Å². The number of aliphatic hydroxyl groups is 3. The van der Waals surface area contributed by atoms with Crippen molar-refractivity contribution < 1.29 is 39.1 Å². The molecule has 2 fully saturated rings. The molecule has 0 saturated heterocycles. The highest BCUT2D eigenvalue weighted by Crippen LogP contribution is 2.39. The molecule has 11 heteroatoms. The minimum Gasteiger partial charge on any atom is -0.493 e. The van der Waals surface area contributed by atoms with E-state index in [2.05, 4.69) is 48.7 Å². The summed E-state index contributed by atoms with van der Waals surface area (Å²) in [5, 5.41) is 33.8. The Morgan fingerprint density at radius 2 is 1.85 bits per heavy atom. The molecule has 0 radical (unpaired) electrons. The summed E-state index contributed by atoms with van der Waals surface area (Å²) < 4.78 is 19.1. The van der Waals surface area contributed by atoms with Gasteiger partial charge in [-0.15, -0.1) is 0 Å². The lowest BCUT2D eigenvalue weighted by atomic mass is 9.75. The van der Waals surface area contributed by atoms with Crippen LogP contribution in [0.1, 0.15) is 84.1 Å². The number of aliphatic hydroxyl groups excluding tert-OH is 3. The van der Waals surface area contributed by atoms with Crippen molar-refractivity contribution in [2.24, 2.45) is 17.8 Å². The van der Waals surface area contributed by atoms with Crippen molar-refractivity contribution >= 4 is 34.4 Å². The molecule has 3 aliphatic rings. The van der Waals surface area contributed by atoms with Crippen molar-refractivity contribution in [3.05, 3.63) is 32.9 Å². The van der Waals surface area contributed by atoms with Gasteiger partial charge in [-0.05, 0) is 89.8 Å². The Hall–Kier alpha value is -1.93. The van der Waals surface area contributed by atoms with E-state index in [1.165, 1.54) is 13.5 Å². The lowest BCUT2D eigenvalue weighted by Gasteiger charge is -2.45. The van der Waals surface area contributed by atoms with Crippen molar-refractivity contribution in [1.29, 1.82) is 0 Å². The van der Waals surface area contributed by atoms with Gasteiger partial charge in [0.05, 0.1) is 36.0 Å². The Kier molecular flexibility index (Phi) is 14.0. The quantitative estimate of drug-likeness (QED) is 0.218. The van der Waals surface area contributed by atoms with Crippen LogP contribution in [-0.2, 0) is 20.9 Å². The number of rotatable bonds is 13. The predicted molar refractivity (Wildman–Crippen MR) is 183 cm³/mol. The van der Waals surface area contributed by atoms with Crippen LogP contribution in [0.15, 0.2) is 23.8 Å². The van der Waals surface area contributed by atoms with Crippen LogP contribution in [0.4, 0.5) is 0 Å². The maximum Gasteiger partial charge on any atom is 0.249 e. The molecule has 0 bridgehead atoms. The summed E-state index contributed by atoms with van der Waals surface area (Å²) in [4.78, 5) is 29.4. The van der Waals surface area contributed by atoms with E-state index in [4.69, 9.17) is 14.2 Å². The first-order valence-corrected chi connectivity index (χ1v) is 18.0. The topological polar surface area (TPSA) is 138 Å². The standard InChI is InChI=1S/C35H53IN2O8/c1-21(2)26-11-10-22(3)14-29(26)45-20-32(41)38(25-8-6-5-7-9-25)28-17-24(35(43)37-12-13-39)18-30(33(28)42)46-34-27(36)15-23(19-40)16-31(34)44-4/h15-16,18,21-22,25-26,28-30,33,39-40,42H,5-14,17,19-20H2,1-4H3,(H,37,43). The van der Waals surface area contributed by atoms with Gasteiger partial charge < -0.3 is 39.7 Å². The molecule has 46 heavy (non-hydrogen) atoms. The molecule has 4 N–H and O–H groups in total. The summed E-state index contributed by atoms with van der Waals surface area (Å²) in [6.45, 7) is 6.30. The second-order valence-electron chi connectivity index (χ2n) is 13.6. The third kappa shape index (κ3) is 9.15. The van der Waals surface area contributed by atoms with Gasteiger partial charge in [0, 0.05) is 24.6 Å². The first-order chi connectivity index (χ1) is 22.1. The highest BCUT2D eigenvalue weighted by Gasteiger charge is 2.44. The molecule has 1 aromatic rings. The SMILES string of the molecule is COc1cc(CO)cc(I)c1OC1C=C(C(=O)NCCO)CC(N(C(=O)COC2CC(C)CCC2C(C)C)C2CCCCC2)C1O. The zero-order valence-corrected chi connectivity index (χ0v) is 29.9. The van der Waals surface area contributed by atoms with Gasteiger partial charge in [0.2, 0.25) is 11.8 Å². The smallest absolute Gasteiger partial charge is 0.249 e. The number of carbonyl (C=O) groups excluding carboxylic acids is 2. The maximum atomic E-state index is 14.3. The predicted octanol–water partition coefficient (Wildman–Crippen LogP) is 4.35. The van der Waals surface area contributed by atoms with Crippen LogP contribution in [0.5, 0.6) is 11.5 Å². The molecule has 4 rings (SSSR count). The van der Waals surface area contributed by atoms with Crippen LogP contribution in [-0.4, -0.2) is 89.3 Å². The zero-order valence-electron chi connectivity index (χ0n) is 27.8. The fraction of sp³-hybridized carbons (Fsp3) is 0.714. The van der Waals surface area contributed by atoms with Crippen molar-refractivity contribution in [2.75, 3.05) is 26.9 Å². The van der Waals surface area contributed by atoms with Crippen molar-refractivity contribution in [3.8, 4) is 11.5 Å². The van der Waals surface area contributed by atoms with E-state index in [1.807, 2.05) is 0 Å². The zero-order chi connectivity index (χ0) is 33.4. The summed E-state index contributed by atoms with van der Waals surface area (Å²) in [6, 6.07) is 2.63. The third-order valence-electron chi connectivity index (χ3n) is 9.94. The van der Waals surface area contributed by atoms with E-state index in [0.29, 0.717) is 44.0 Å². The van der Waals surface area contributed by atoms with Gasteiger partial charge in [-0.3, -0.25) is 9.59 Å². The Labute approximate surface area is 287 Å². The number of amides is 2. The largest absolute Gasteiger partial charge is 0.493 e. The Balaban J connectivity index is 1.66. The summed E-state index contributed by atoms with van der Waals surface area (Å²) in [6.07, 6.45) is 7.53. The van der Waals surface area contributed by atoms with Crippen LogP contribution in [0.25, 0.3) is 0 Å². The average molecular weight is 757 g/mol.